The molecule has 4 N–H and O–H groups in total. The first kappa shape index (κ1) is 14.3. The Kier molecular flexibility index (Phi) is 4.07. The van der Waals surface area contributed by atoms with Crippen LogP contribution in [0.3, 0.4) is 0 Å². The molecule has 0 bridgehead atoms. The van der Waals surface area contributed by atoms with Crippen LogP contribution in [0.25, 0.3) is 0 Å². The quantitative estimate of drug-likeness (QED) is 0.671. The van der Waals surface area contributed by atoms with E-state index in [2.05, 4.69) is 26.4 Å². The Balaban J connectivity index is 1.69. The van der Waals surface area contributed by atoms with Crippen molar-refractivity contribution >= 4 is 29.0 Å². The molecule has 1 aromatic rings. The molecule has 3 rings (SSSR count). The van der Waals surface area contributed by atoms with Crippen LogP contribution in [0.5, 0.6) is 0 Å². The van der Waals surface area contributed by atoms with E-state index in [1.807, 2.05) is 12.1 Å². The summed E-state index contributed by atoms with van der Waals surface area (Å²) in [5, 5.41) is 6.32. The molecule has 0 spiro atoms. The number of rotatable bonds is 2. The van der Waals surface area contributed by atoms with E-state index in [0.29, 0.717) is 0 Å². The highest BCUT2D eigenvalue weighted by molar-refractivity contribution is 6.31. The summed E-state index contributed by atoms with van der Waals surface area (Å²) in [7, 11) is 1.64. The number of piperidine rings is 1. The summed E-state index contributed by atoms with van der Waals surface area (Å²) >= 11 is 6.20. The minimum atomic E-state index is -0.106. The average Bonchev–Trinajstić information content (AvgIpc) is 2.95. The van der Waals surface area contributed by atoms with Crippen molar-refractivity contribution in [2.75, 3.05) is 30.5 Å². The number of anilines is 2. The van der Waals surface area contributed by atoms with Gasteiger partial charge in [0.05, 0.1) is 5.69 Å². The number of nitrogens with one attached hydrogen (secondary N) is 4. The fourth-order valence-corrected chi connectivity index (χ4v) is 3.16. The largest absolute Gasteiger partial charge is 0.371 e. The monoisotopic (exact) mass is 309 g/mol. The maximum absolute atomic E-state index is 11.4. The predicted octanol–water partition coefficient (Wildman–Crippen LogP) is 1.67. The van der Waals surface area contributed by atoms with E-state index in [-0.39, 0.29) is 12.1 Å². The van der Waals surface area contributed by atoms with Crippen molar-refractivity contribution in [2.24, 2.45) is 0 Å². The number of hydrazine groups is 1. The second-order valence-electron chi connectivity index (χ2n) is 5.41. The number of amides is 2. The molecular weight excluding hydrogens is 290 g/mol. The maximum atomic E-state index is 11.4. The van der Waals surface area contributed by atoms with Gasteiger partial charge in [-0.1, -0.05) is 11.6 Å². The first-order chi connectivity index (χ1) is 10.2. The number of halogens is 1. The third kappa shape index (κ3) is 3.01. The minimum Gasteiger partial charge on any atom is -0.371 e. The van der Waals surface area contributed by atoms with Gasteiger partial charge in [-0.2, -0.15) is 0 Å². The van der Waals surface area contributed by atoms with E-state index in [0.717, 1.165) is 43.2 Å². The zero-order valence-corrected chi connectivity index (χ0v) is 12.8. The van der Waals surface area contributed by atoms with Crippen molar-refractivity contribution in [3.8, 4) is 0 Å². The summed E-state index contributed by atoms with van der Waals surface area (Å²) in [5.74, 6) is 0. The number of hydrogen-bond acceptors (Lipinski definition) is 4. The molecule has 0 aliphatic carbocycles. The summed E-state index contributed by atoms with van der Waals surface area (Å²) in [6.45, 7) is 2.64. The first-order valence-corrected chi connectivity index (χ1v) is 7.59. The summed E-state index contributed by atoms with van der Waals surface area (Å²) in [6, 6.07) is 4.11. The van der Waals surface area contributed by atoms with Crippen molar-refractivity contribution in [1.29, 1.82) is 0 Å². The van der Waals surface area contributed by atoms with Gasteiger partial charge in [-0.15, -0.1) is 0 Å². The Bertz CT molecular complexity index is 542. The number of fused-ring (bicyclic) bond motifs is 1. The number of carbonyl (C=O) groups is 1. The Morgan fingerprint density at radius 3 is 2.86 bits per heavy atom. The van der Waals surface area contributed by atoms with Gasteiger partial charge >= 0.3 is 6.03 Å². The van der Waals surface area contributed by atoms with Crippen LogP contribution in [-0.4, -0.2) is 32.2 Å². The van der Waals surface area contributed by atoms with Gasteiger partial charge in [0.15, 0.2) is 0 Å². The number of urea groups is 1. The normalized spacial score (nSPS) is 18.1. The second-order valence-corrected chi connectivity index (χ2v) is 5.85. The van der Waals surface area contributed by atoms with Crippen LogP contribution < -0.4 is 26.4 Å². The topological polar surface area (TPSA) is 68.4 Å². The third-order valence-corrected chi connectivity index (χ3v) is 4.30. The minimum absolute atomic E-state index is 0.106. The number of carbonyl (C=O) groups excluding carboxylic acids is 1. The summed E-state index contributed by atoms with van der Waals surface area (Å²) < 4.78 is 0. The van der Waals surface area contributed by atoms with Crippen LogP contribution in [0.1, 0.15) is 18.4 Å². The molecule has 0 aromatic heterocycles. The average molecular weight is 310 g/mol. The van der Waals surface area contributed by atoms with Crippen molar-refractivity contribution in [1.82, 2.24) is 16.1 Å². The SMILES string of the molecule is CNC(=O)NC1CCN(c2cc(Cl)cc3c2CNN3)CC1. The van der Waals surface area contributed by atoms with Gasteiger partial charge in [0.25, 0.3) is 0 Å². The van der Waals surface area contributed by atoms with Gasteiger partial charge in [0.2, 0.25) is 0 Å². The lowest BCUT2D eigenvalue weighted by Gasteiger charge is -2.35. The predicted molar refractivity (Wildman–Crippen MR) is 84.7 cm³/mol. The van der Waals surface area contributed by atoms with E-state index in [1.54, 1.807) is 7.05 Å². The van der Waals surface area contributed by atoms with Crippen LogP contribution >= 0.6 is 11.6 Å². The number of hydrogen-bond donors (Lipinski definition) is 4. The Morgan fingerprint density at radius 2 is 2.14 bits per heavy atom. The number of nitrogens with zero attached hydrogens (tertiary/aromatic N) is 1. The first-order valence-electron chi connectivity index (χ1n) is 7.22. The highest BCUT2D eigenvalue weighted by Crippen LogP contribution is 2.35. The standard InChI is InChI=1S/C14H20ClN5O/c1-16-14(21)18-10-2-4-20(5-3-10)13-7-9(15)6-12-11(13)8-17-19-12/h6-7,10,17,19H,2-5,8H2,1H3,(H2,16,18,21). The van der Waals surface area contributed by atoms with Crippen LogP contribution in [-0.2, 0) is 6.54 Å². The lowest BCUT2D eigenvalue weighted by molar-refractivity contribution is 0.236. The number of benzene rings is 1. The molecule has 0 radical (unpaired) electrons. The summed E-state index contributed by atoms with van der Waals surface area (Å²) in [5.41, 5.74) is 9.78. The van der Waals surface area contributed by atoms with Gasteiger partial charge in [0.1, 0.15) is 0 Å². The Hall–Kier alpha value is -1.66. The molecule has 21 heavy (non-hydrogen) atoms. The van der Waals surface area contributed by atoms with E-state index in [9.17, 15) is 4.79 Å². The molecule has 0 unspecified atom stereocenters. The van der Waals surface area contributed by atoms with Crippen LogP contribution in [0.15, 0.2) is 12.1 Å². The Labute approximate surface area is 129 Å². The van der Waals surface area contributed by atoms with Crippen molar-refractivity contribution in [3.05, 3.63) is 22.7 Å². The Morgan fingerprint density at radius 1 is 1.38 bits per heavy atom. The van der Waals surface area contributed by atoms with E-state index in [1.165, 1.54) is 11.3 Å². The maximum Gasteiger partial charge on any atom is 0.314 e. The van der Waals surface area contributed by atoms with Crippen LogP contribution in [0.2, 0.25) is 5.02 Å². The van der Waals surface area contributed by atoms with Gasteiger partial charge in [-0.25, -0.2) is 10.2 Å². The van der Waals surface area contributed by atoms with Gasteiger partial charge in [-0.3, -0.25) is 0 Å². The zero-order valence-electron chi connectivity index (χ0n) is 12.0. The lowest BCUT2D eigenvalue weighted by atomic mass is 10.0. The third-order valence-electron chi connectivity index (χ3n) is 4.08. The van der Waals surface area contributed by atoms with Gasteiger partial charge in [0, 0.05) is 49.0 Å². The molecular formula is C14H20ClN5O. The lowest BCUT2D eigenvalue weighted by Crippen LogP contribution is -2.47. The molecule has 1 aromatic carbocycles. The molecule has 114 valence electrons. The zero-order chi connectivity index (χ0) is 14.8. The fraction of sp³-hybridized carbons (Fsp3) is 0.500. The van der Waals surface area contributed by atoms with Crippen LogP contribution in [0.4, 0.5) is 16.2 Å². The molecule has 2 amide bonds. The highest BCUT2D eigenvalue weighted by Gasteiger charge is 2.24. The smallest absolute Gasteiger partial charge is 0.314 e. The van der Waals surface area contributed by atoms with Crippen molar-refractivity contribution in [2.45, 2.75) is 25.4 Å². The molecule has 1 saturated heterocycles. The molecule has 2 aliphatic heterocycles. The summed E-state index contributed by atoms with van der Waals surface area (Å²) in [4.78, 5) is 13.7. The molecule has 6 nitrogen and oxygen atoms in total. The molecule has 2 aliphatic rings. The van der Waals surface area contributed by atoms with Crippen molar-refractivity contribution < 1.29 is 4.79 Å². The van der Waals surface area contributed by atoms with E-state index < -0.39 is 0 Å². The van der Waals surface area contributed by atoms with E-state index in [4.69, 9.17) is 11.6 Å². The van der Waals surface area contributed by atoms with Crippen molar-refractivity contribution in [3.63, 3.8) is 0 Å². The molecule has 7 heteroatoms. The highest BCUT2D eigenvalue weighted by atomic mass is 35.5. The summed E-state index contributed by atoms with van der Waals surface area (Å²) in [6.07, 6.45) is 1.88. The van der Waals surface area contributed by atoms with E-state index >= 15 is 0 Å². The van der Waals surface area contributed by atoms with Gasteiger partial charge < -0.3 is 21.0 Å². The second kappa shape index (κ2) is 5.99. The molecule has 0 saturated carbocycles. The van der Waals surface area contributed by atoms with Crippen LogP contribution in [0, 0.1) is 0 Å². The molecule has 0 atom stereocenters. The molecule has 2 heterocycles. The van der Waals surface area contributed by atoms with Gasteiger partial charge in [-0.05, 0) is 25.0 Å². The fourth-order valence-electron chi connectivity index (χ4n) is 2.95. The molecule has 1 fully saturated rings.